The molecule has 0 aliphatic heterocycles. The third-order valence-electron chi connectivity index (χ3n) is 3.49. The van der Waals surface area contributed by atoms with Gasteiger partial charge in [-0.2, -0.15) is 0 Å². The summed E-state index contributed by atoms with van der Waals surface area (Å²) in [6.45, 7) is 6.28. The first-order chi connectivity index (χ1) is 8.58. The summed E-state index contributed by atoms with van der Waals surface area (Å²) < 4.78 is 0. The lowest BCUT2D eigenvalue weighted by atomic mass is 10.0. The van der Waals surface area contributed by atoms with Gasteiger partial charge in [-0.15, -0.1) is 11.8 Å². The highest BCUT2D eigenvalue weighted by molar-refractivity contribution is 7.98. The summed E-state index contributed by atoms with van der Waals surface area (Å²) in [5.41, 5.74) is 7.24. The molecule has 1 atom stereocenters. The number of nitrogens with zero attached hydrogens (tertiary/aromatic N) is 1. The first-order valence-electron chi connectivity index (χ1n) is 6.61. The summed E-state index contributed by atoms with van der Waals surface area (Å²) in [6, 6.07) is 9.33. The molecule has 3 heteroatoms. The number of thioether (sulfide) groups is 1. The highest BCUT2D eigenvalue weighted by Crippen LogP contribution is 2.15. The van der Waals surface area contributed by atoms with Crippen LogP contribution in [-0.4, -0.2) is 37.3 Å². The van der Waals surface area contributed by atoms with Gasteiger partial charge < -0.3 is 10.6 Å². The predicted octanol–water partition coefficient (Wildman–Crippen LogP) is 2.87. The third-order valence-corrected chi connectivity index (χ3v) is 4.23. The summed E-state index contributed by atoms with van der Waals surface area (Å²) in [4.78, 5) is 3.71. The third kappa shape index (κ3) is 4.63. The van der Waals surface area contributed by atoms with E-state index in [1.54, 1.807) is 11.8 Å². The van der Waals surface area contributed by atoms with E-state index in [1.807, 2.05) is 0 Å². The van der Waals surface area contributed by atoms with E-state index in [0.717, 1.165) is 19.5 Å². The van der Waals surface area contributed by atoms with E-state index in [2.05, 4.69) is 56.3 Å². The highest BCUT2D eigenvalue weighted by atomic mass is 32.2. The first-order valence-corrected chi connectivity index (χ1v) is 7.84. The largest absolute Gasteiger partial charge is 0.329 e. The standard InChI is InChI=1S/C15H26N2S/c1-12(2)15(11-16)17(3)10-9-13-5-7-14(18-4)8-6-13/h5-8,12,15H,9-11,16H2,1-4H3. The Morgan fingerprint density at radius 1 is 1.22 bits per heavy atom. The summed E-state index contributed by atoms with van der Waals surface area (Å²) in [7, 11) is 2.17. The number of rotatable bonds is 7. The zero-order valence-electron chi connectivity index (χ0n) is 12.0. The van der Waals surface area contributed by atoms with Crippen molar-refractivity contribution in [2.45, 2.75) is 31.2 Å². The topological polar surface area (TPSA) is 29.3 Å². The molecule has 102 valence electrons. The molecule has 1 aromatic carbocycles. The maximum Gasteiger partial charge on any atom is 0.0238 e. The van der Waals surface area contributed by atoms with Crippen LogP contribution in [0.2, 0.25) is 0 Å². The van der Waals surface area contributed by atoms with Crippen LogP contribution in [0, 0.1) is 5.92 Å². The van der Waals surface area contributed by atoms with Crippen molar-refractivity contribution < 1.29 is 0 Å². The van der Waals surface area contributed by atoms with Gasteiger partial charge in [0.1, 0.15) is 0 Å². The molecule has 0 aliphatic rings. The van der Waals surface area contributed by atoms with Crippen LogP contribution in [0.15, 0.2) is 29.2 Å². The lowest BCUT2D eigenvalue weighted by molar-refractivity contribution is 0.200. The zero-order chi connectivity index (χ0) is 13.5. The molecule has 0 bridgehead atoms. The number of nitrogens with two attached hydrogens (primary N) is 1. The molecular formula is C15H26N2S. The summed E-state index contributed by atoms with van der Waals surface area (Å²) in [6.07, 6.45) is 3.20. The molecule has 0 radical (unpaired) electrons. The van der Waals surface area contributed by atoms with Crippen molar-refractivity contribution in [2.24, 2.45) is 11.7 Å². The molecule has 0 heterocycles. The Hall–Kier alpha value is -0.510. The second-order valence-corrected chi connectivity index (χ2v) is 6.01. The van der Waals surface area contributed by atoms with E-state index in [0.29, 0.717) is 12.0 Å². The average molecular weight is 266 g/mol. The van der Waals surface area contributed by atoms with Crippen LogP contribution >= 0.6 is 11.8 Å². The van der Waals surface area contributed by atoms with Gasteiger partial charge in [-0.3, -0.25) is 0 Å². The number of hydrogen-bond donors (Lipinski definition) is 1. The molecule has 0 saturated heterocycles. The Morgan fingerprint density at radius 3 is 2.28 bits per heavy atom. The van der Waals surface area contributed by atoms with Gasteiger partial charge in [0.25, 0.3) is 0 Å². The molecule has 1 unspecified atom stereocenters. The summed E-state index contributed by atoms with van der Waals surface area (Å²) in [5.74, 6) is 0.610. The Morgan fingerprint density at radius 2 is 1.83 bits per heavy atom. The number of hydrogen-bond acceptors (Lipinski definition) is 3. The van der Waals surface area contributed by atoms with E-state index in [9.17, 15) is 0 Å². The number of benzene rings is 1. The normalized spacial score (nSPS) is 13.3. The maximum absolute atomic E-state index is 5.84. The molecule has 0 spiro atoms. The van der Waals surface area contributed by atoms with Crippen LogP contribution in [0.1, 0.15) is 19.4 Å². The van der Waals surface area contributed by atoms with Crippen LogP contribution < -0.4 is 5.73 Å². The van der Waals surface area contributed by atoms with Gasteiger partial charge in [-0.25, -0.2) is 0 Å². The van der Waals surface area contributed by atoms with Crippen molar-refractivity contribution in [3.63, 3.8) is 0 Å². The molecule has 0 aliphatic carbocycles. The molecule has 0 aromatic heterocycles. The van der Waals surface area contributed by atoms with E-state index in [1.165, 1.54) is 10.5 Å². The van der Waals surface area contributed by atoms with Crippen molar-refractivity contribution >= 4 is 11.8 Å². The van der Waals surface area contributed by atoms with Crippen molar-refractivity contribution in [3.05, 3.63) is 29.8 Å². The highest BCUT2D eigenvalue weighted by Gasteiger charge is 2.16. The fourth-order valence-electron chi connectivity index (χ4n) is 2.22. The fraction of sp³-hybridized carbons (Fsp3) is 0.600. The molecule has 18 heavy (non-hydrogen) atoms. The first kappa shape index (κ1) is 15.5. The van der Waals surface area contributed by atoms with Gasteiger partial charge in [0.2, 0.25) is 0 Å². The minimum absolute atomic E-state index is 0.482. The van der Waals surface area contributed by atoms with E-state index in [4.69, 9.17) is 5.73 Å². The Balaban J connectivity index is 2.48. The SMILES string of the molecule is CSc1ccc(CCN(C)C(CN)C(C)C)cc1. The summed E-state index contributed by atoms with van der Waals surface area (Å²) in [5, 5.41) is 0. The van der Waals surface area contributed by atoms with E-state index >= 15 is 0 Å². The van der Waals surface area contributed by atoms with Gasteiger partial charge in [-0.1, -0.05) is 26.0 Å². The van der Waals surface area contributed by atoms with Gasteiger partial charge in [-0.05, 0) is 43.3 Å². The quantitative estimate of drug-likeness (QED) is 0.770. The van der Waals surface area contributed by atoms with Gasteiger partial charge in [0.15, 0.2) is 0 Å². The predicted molar refractivity (Wildman–Crippen MR) is 82.2 cm³/mol. The number of likely N-dealkylation sites (N-methyl/N-ethyl adjacent to an activating group) is 1. The molecular weight excluding hydrogens is 240 g/mol. The Kier molecular flexibility index (Phi) is 6.76. The molecule has 1 rings (SSSR count). The van der Waals surface area contributed by atoms with Crippen molar-refractivity contribution in [3.8, 4) is 0 Å². The smallest absolute Gasteiger partial charge is 0.0238 e. The minimum Gasteiger partial charge on any atom is -0.329 e. The second kappa shape index (κ2) is 7.82. The van der Waals surface area contributed by atoms with Crippen LogP contribution in [0.5, 0.6) is 0 Å². The molecule has 0 amide bonds. The van der Waals surface area contributed by atoms with Gasteiger partial charge in [0.05, 0.1) is 0 Å². The fourth-order valence-corrected chi connectivity index (χ4v) is 2.63. The zero-order valence-corrected chi connectivity index (χ0v) is 12.8. The van der Waals surface area contributed by atoms with E-state index < -0.39 is 0 Å². The lowest BCUT2D eigenvalue weighted by Crippen LogP contribution is -2.42. The van der Waals surface area contributed by atoms with Gasteiger partial charge in [0, 0.05) is 24.0 Å². The summed E-state index contributed by atoms with van der Waals surface area (Å²) >= 11 is 1.79. The van der Waals surface area contributed by atoms with Crippen LogP contribution in [-0.2, 0) is 6.42 Å². The maximum atomic E-state index is 5.84. The molecule has 2 N–H and O–H groups in total. The van der Waals surface area contributed by atoms with Crippen molar-refractivity contribution in [1.29, 1.82) is 0 Å². The monoisotopic (exact) mass is 266 g/mol. The molecule has 2 nitrogen and oxygen atoms in total. The van der Waals surface area contributed by atoms with Gasteiger partial charge >= 0.3 is 0 Å². The van der Waals surface area contributed by atoms with Crippen molar-refractivity contribution in [2.75, 3.05) is 26.4 Å². The molecule has 0 fully saturated rings. The van der Waals surface area contributed by atoms with Crippen LogP contribution in [0.4, 0.5) is 0 Å². The minimum atomic E-state index is 0.482. The lowest BCUT2D eigenvalue weighted by Gasteiger charge is -2.30. The van der Waals surface area contributed by atoms with Crippen LogP contribution in [0.3, 0.4) is 0 Å². The molecule has 1 aromatic rings. The second-order valence-electron chi connectivity index (χ2n) is 5.13. The Labute approximate surface area is 116 Å². The van der Waals surface area contributed by atoms with E-state index in [-0.39, 0.29) is 0 Å². The Bertz CT molecular complexity index is 335. The van der Waals surface area contributed by atoms with Crippen molar-refractivity contribution in [1.82, 2.24) is 4.90 Å². The van der Waals surface area contributed by atoms with Crippen LogP contribution in [0.25, 0.3) is 0 Å². The average Bonchev–Trinajstić information content (AvgIpc) is 2.37. The molecule has 0 saturated carbocycles.